The highest BCUT2D eigenvalue weighted by Gasteiger charge is 2.37. The van der Waals surface area contributed by atoms with E-state index in [2.05, 4.69) is 0 Å². The minimum Gasteiger partial charge on any atom is -0.478 e. The van der Waals surface area contributed by atoms with Crippen molar-refractivity contribution in [2.45, 2.75) is 26.2 Å². The zero-order chi connectivity index (χ0) is 13.7. The monoisotopic (exact) mass is 277 g/mol. The third-order valence-electron chi connectivity index (χ3n) is 3.42. The maximum absolute atomic E-state index is 12.0. The largest absolute Gasteiger partial charge is 0.478 e. The van der Waals surface area contributed by atoms with Crippen LogP contribution in [0, 0.1) is 0 Å². The van der Waals surface area contributed by atoms with Crippen molar-refractivity contribution in [3.8, 4) is 0 Å². The molecule has 0 aromatic carbocycles. The summed E-state index contributed by atoms with van der Waals surface area (Å²) in [4.78, 5) is 37.2. The van der Waals surface area contributed by atoms with Crippen LogP contribution in [0.2, 0.25) is 0 Å². The van der Waals surface area contributed by atoms with E-state index in [-0.39, 0.29) is 10.6 Å². The van der Waals surface area contributed by atoms with Crippen LogP contribution < -0.4 is 4.90 Å². The summed E-state index contributed by atoms with van der Waals surface area (Å²) in [6, 6.07) is 0. The van der Waals surface area contributed by atoms with Gasteiger partial charge < -0.3 is 5.11 Å². The van der Waals surface area contributed by atoms with Crippen molar-refractivity contribution in [1.29, 1.82) is 0 Å². The van der Waals surface area contributed by atoms with Crippen LogP contribution in [-0.2, 0) is 22.4 Å². The Balaban J connectivity index is 2.15. The Labute approximate surface area is 113 Å². The molecule has 0 spiro atoms. The van der Waals surface area contributed by atoms with Crippen molar-refractivity contribution < 1.29 is 19.5 Å². The highest BCUT2D eigenvalue weighted by Crippen LogP contribution is 2.42. The number of fused-ring (bicyclic) bond motifs is 1. The molecule has 19 heavy (non-hydrogen) atoms. The van der Waals surface area contributed by atoms with E-state index in [1.54, 1.807) is 6.92 Å². The Morgan fingerprint density at radius 2 is 2.11 bits per heavy atom. The summed E-state index contributed by atoms with van der Waals surface area (Å²) in [5.74, 6) is -1.95. The van der Waals surface area contributed by atoms with Crippen LogP contribution in [0.1, 0.15) is 34.1 Å². The molecule has 0 radical (unpaired) electrons. The average molecular weight is 277 g/mol. The summed E-state index contributed by atoms with van der Waals surface area (Å²) in [7, 11) is 0. The van der Waals surface area contributed by atoms with E-state index >= 15 is 0 Å². The van der Waals surface area contributed by atoms with Crippen molar-refractivity contribution in [2.24, 2.45) is 0 Å². The van der Waals surface area contributed by atoms with E-state index in [1.807, 2.05) is 0 Å². The summed E-state index contributed by atoms with van der Waals surface area (Å²) >= 11 is 1.25. The van der Waals surface area contributed by atoms with Crippen LogP contribution in [0.25, 0.3) is 0 Å². The molecule has 1 aliphatic heterocycles. The number of hydrogen-bond acceptors (Lipinski definition) is 4. The van der Waals surface area contributed by atoms with Crippen molar-refractivity contribution >= 4 is 34.1 Å². The van der Waals surface area contributed by atoms with Gasteiger partial charge in [0.15, 0.2) is 0 Å². The number of nitrogens with zero attached hydrogens (tertiary/aromatic N) is 1. The van der Waals surface area contributed by atoms with Gasteiger partial charge in [0.05, 0.1) is 5.56 Å². The number of amides is 2. The predicted molar refractivity (Wildman–Crippen MR) is 69.6 cm³/mol. The number of rotatable bonds is 2. The van der Waals surface area contributed by atoms with E-state index in [0.29, 0.717) is 12.0 Å². The van der Waals surface area contributed by atoms with E-state index in [0.717, 1.165) is 28.2 Å². The number of aryl methyl sites for hydroxylation is 1. The average Bonchev–Trinajstić information content (AvgIpc) is 2.93. The molecule has 6 heteroatoms. The lowest BCUT2D eigenvalue weighted by Crippen LogP contribution is -2.31. The highest BCUT2D eigenvalue weighted by atomic mass is 32.1. The van der Waals surface area contributed by atoms with Gasteiger partial charge in [-0.05, 0) is 31.7 Å². The summed E-state index contributed by atoms with van der Waals surface area (Å²) in [5.41, 5.74) is 1.26. The van der Waals surface area contributed by atoms with Gasteiger partial charge in [0.2, 0.25) is 0 Å². The highest BCUT2D eigenvalue weighted by molar-refractivity contribution is 7.17. The molecule has 1 aromatic heterocycles. The van der Waals surface area contributed by atoms with Gasteiger partial charge in [-0.3, -0.25) is 9.59 Å². The second-order valence-corrected chi connectivity index (χ2v) is 5.73. The first-order valence-corrected chi connectivity index (χ1v) is 6.77. The fraction of sp³-hybridized carbons (Fsp3) is 0.308. The molecule has 98 valence electrons. The molecule has 2 amide bonds. The normalized spacial score (nSPS) is 17.9. The molecular formula is C13H11NO4S. The smallest absolute Gasteiger partial charge is 0.339 e. The molecule has 1 aliphatic carbocycles. The lowest BCUT2D eigenvalue weighted by molar-refractivity contribution is -0.120. The van der Waals surface area contributed by atoms with Gasteiger partial charge in [-0.25, -0.2) is 9.69 Å². The molecule has 1 aromatic rings. The lowest BCUT2D eigenvalue weighted by Gasteiger charge is -2.13. The molecule has 2 aliphatic rings. The van der Waals surface area contributed by atoms with Crippen molar-refractivity contribution in [3.63, 3.8) is 0 Å². The fourth-order valence-electron chi connectivity index (χ4n) is 2.55. The first kappa shape index (κ1) is 12.1. The van der Waals surface area contributed by atoms with Gasteiger partial charge in [0.25, 0.3) is 11.8 Å². The molecule has 0 saturated carbocycles. The number of thiophene rings is 1. The molecule has 0 saturated heterocycles. The van der Waals surface area contributed by atoms with Crippen LogP contribution in [-0.4, -0.2) is 22.9 Å². The zero-order valence-corrected chi connectivity index (χ0v) is 11.0. The molecule has 1 N–H and O–H groups in total. The van der Waals surface area contributed by atoms with Crippen molar-refractivity contribution in [3.05, 3.63) is 27.7 Å². The number of carbonyl (C=O) groups excluding carboxylic acids is 2. The van der Waals surface area contributed by atoms with Gasteiger partial charge in [-0.2, -0.15) is 0 Å². The van der Waals surface area contributed by atoms with Crippen molar-refractivity contribution in [1.82, 2.24) is 0 Å². The number of carboxylic acid groups (broad SMARTS) is 1. The molecule has 0 fully saturated rings. The van der Waals surface area contributed by atoms with Crippen LogP contribution in [0.15, 0.2) is 11.6 Å². The van der Waals surface area contributed by atoms with Gasteiger partial charge in [0.1, 0.15) is 5.00 Å². The number of anilines is 1. The molecule has 0 unspecified atom stereocenters. The van der Waals surface area contributed by atoms with Gasteiger partial charge in [-0.1, -0.05) is 0 Å². The number of carboxylic acids is 1. The Morgan fingerprint density at radius 1 is 1.37 bits per heavy atom. The maximum atomic E-state index is 12.0. The molecule has 0 bridgehead atoms. The summed E-state index contributed by atoms with van der Waals surface area (Å²) in [6.07, 6.45) is 3.71. The third-order valence-corrected chi connectivity index (χ3v) is 4.70. The molecule has 0 atom stereocenters. The van der Waals surface area contributed by atoms with Gasteiger partial charge in [0, 0.05) is 16.5 Å². The number of imide groups is 1. The van der Waals surface area contributed by atoms with Gasteiger partial charge in [-0.15, -0.1) is 11.3 Å². The molecule has 3 rings (SSSR count). The van der Waals surface area contributed by atoms with E-state index in [1.165, 1.54) is 17.4 Å². The molecule has 2 heterocycles. The van der Waals surface area contributed by atoms with E-state index < -0.39 is 17.8 Å². The second kappa shape index (κ2) is 4.03. The minimum absolute atomic E-state index is 0.127. The third kappa shape index (κ3) is 1.63. The molecule has 5 nitrogen and oxygen atoms in total. The molecular weight excluding hydrogens is 266 g/mol. The van der Waals surface area contributed by atoms with Crippen LogP contribution in [0.5, 0.6) is 0 Å². The Morgan fingerprint density at radius 3 is 2.68 bits per heavy atom. The summed E-state index contributed by atoms with van der Waals surface area (Å²) in [5, 5.41) is 9.62. The maximum Gasteiger partial charge on any atom is 0.339 e. The lowest BCUT2D eigenvalue weighted by atomic mass is 10.1. The van der Waals surface area contributed by atoms with Crippen LogP contribution >= 0.6 is 11.3 Å². The standard InChI is InChI=1S/C13H11NO4S/c1-6-5-9(15)14(11(6)16)12-10(13(17)18)7-3-2-4-8(7)19-12/h5H,2-4H2,1H3,(H,17,18). The Bertz CT molecular complexity index is 656. The van der Waals surface area contributed by atoms with E-state index in [9.17, 15) is 19.5 Å². The van der Waals surface area contributed by atoms with Gasteiger partial charge >= 0.3 is 5.97 Å². The number of hydrogen-bond donors (Lipinski definition) is 1. The second-order valence-electron chi connectivity index (χ2n) is 4.65. The topological polar surface area (TPSA) is 74.7 Å². The van der Waals surface area contributed by atoms with Crippen LogP contribution in [0.3, 0.4) is 0 Å². The fourth-order valence-corrected chi connectivity index (χ4v) is 3.93. The minimum atomic E-state index is -1.07. The first-order valence-electron chi connectivity index (χ1n) is 5.95. The summed E-state index contributed by atoms with van der Waals surface area (Å²) in [6.45, 7) is 1.56. The number of aromatic carboxylic acids is 1. The predicted octanol–water partition coefficient (Wildman–Crippen LogP) is 1.75. The van der Waals surface area contributed by atoms with Crippen molar-refractivity contribution in [2.75, 3.05) is 4.90 Å². The first-order chi connectivity index (χ1) is 9.00. The van der Waals surface area contributed by atoms with E-state index in [4.69, 9.17) is 0 Å². The zero-order valence-electron chi connectivity index (χ0n) is 10.2. The number of carbonyl (C=O) groups is 3. The van der Waals surface area contributed by atoms with Crippen LogP contribution in [0.4, 0.5) is 5.00 Å². The Kier molecular flexibility index (Phi) is 2.56. The SMILES string of the molecule is CC1=CC(=O)N(c2sc3c(c2C(=O)O)CCC3)C1=O. The summed E-state index contributed by atoms with van der Waals surface area (Å²) < 4.78 is 0. The Hall–Kier alpha value is -1.95. The quantitative estimate of drug-likeness (QED) is 0.836.